The van der Waals surface area contributed by atoms with Gasteiger partial charge in [-0.2, -0.15) is 5.26 Å². The fourth-order valence-electron chi connectivity index (χ4n) is 4.09. The first-order valence-corrected chi connectivity index (χ1v) is 10.6. The number of piperazine rings is 1. The van der Waals surface area contributed by atoms with Crippen molar-refractivity contribution in [1.82, 2.24) is 14.7 Å². The molecule has 2 aromatic carbocycles. The lowest BCUT2D eigenvalue weighted by atomic mass is 9.99. The van der Waals surface area contributed by atoms with Gasteiger partial charge in [0.25, 0.3) is 0 Å². The Labute approximate surface area is 178 Å². The fraction of sp³-hybridized carbons (Fsp3) is 0.417. The Kier molecular flexibility index (Phi) is 6.75. The van der Waals surface area contributed by atoms with Crippen LogP contribution in [0.2, 0.25) is 0 Å². The molecule has 30 heavy (non-hydrogen) atoms. The third-order valence-electron chi connectivity index (χ3n) is 5.91. The molecular formula is C24H28N4O2. The maximum atomic E-state index is 12.6. The van der Waals surface area contributed by atoms with Crippen LogP contribution in [-0.4, -0.2) is 79.6 Å². The van der Waals surface area contributed by atoms with E-state index in [1.165, 1.54) is 5.56 Å². The van der Waals surface area contributed by atoms with E-state index in [1.807, 2.05) is 29.2 Å². The van der Waals surface area contributed by atoms with Crippen molar-refractivity contribution in [3.8, 4) is 17.2 Å². The first-order valence-electron chi connectivity index (χ1n) is 10.6. The summed E-state index contributed by atoms with van der Waals surface area (Å²) in [6, 6.07) is 18.4. The van der Waals surface area contributed by atoms with Gasteiger partial charge >= 0.3 is 0 Å². The largest absolute Gasteiger partial charge is 0.379 e. The van der Waals surface area contributed by atoms with Crippen LogP contribution >= 0.6 is 0 Å². The van der Waals surface area contributed by atoms with Crippen molar-refractivity contribution in [2.45, 2.75) is 6.54 Å². The molecule has 2 fully saturated rings. The monoisotopic (exact) mass is 404 g/mol. The van der Waals surface area contributed by atoms with Gasteiger partial charge in [0, 0.05) is 45.8 Å². The molecule has 2 aliphatic heterocycles. The van der Waals surface area contributed by atoms with Gasteiger partial charge in [-0.15, -0.1) is 0 Å². The second kappa shape index (κ2) is 9.86. The zero-order valence-corrected chi connectivity index (χ0v) is 17.3. The number of nitrogens with zero attached hydrogens (tertiary/aromatic N) is 4. The minimum atomic E-state index is 0.233. The molecule has 2 aromatic rings. The van der Waals surface area contributed by atoms with Crippen LogP contribution in [0.15, 0.2) is 48.5 Å². The highest BCUT2D eigenvalue weighted by molar-refractivity contribution is 5.78. The average Bonchev–Trinajstić information content (AvgIpc) is 2.81. The Morgan fingerprint density at radius 2 is 1.60 bits per heavy atom. The number of hydrogen-bond acceptors (Lipinski definition) is 5. The van der Waals surface area contributed by atoms with Crippen molar-refractivity contribution in [3.05, 3.63) is 59.7 Å². The summed E-state index contributed by atoms with van der Waals surface area (Å²) >= 11 is 0. The highest BCUT2D eigenvalue weighted by atomic mass is 16.5. The SMILES string of the molecule is N#Cc1ccccc1-c1ccc(CN2CCN(C(=O)CN3CCOCC3)CC2)cc1. The summed E-state index contributed by atoms with van der Waals surface area (Å²) in [5.74, 6) is 0.233. The van der Waals surface area contributed by atoms with Crippen molar-refractivity contribution >= 4 is 5.91 Å². The van der Waals surface area contributed by atoms with Gasteiger partial charge in [0.2, 0.25) is 5.91 Å². The maximum Gasteiger partial charge on any atom is 0.236 e. The number of hydrogen-bond donors (Lipinski definition) is 0. The predicted molar refractivity (Wildman–Crippen MR) is 116 cm³/mol. The van der Waals surface area contributed by atoms with E-state index in [9.17, 15) is 10.1 Å². The van der Waals surface area contributed by atoms with Crippen molar-refractivity contribution in [1.29, 1.82) is 5.26 Å². The van der Waals surface area contributed by atoms with Crippen LogP contribution in [0.5, 0.6) is 0 Å². The molecule has 1 amide bonds. The summed E-state index contributed by atoms with van der Waals surface area (Å²) in [5.41, 5.74) is 3.98. The first-order chi connectivity index (χ1) is 14.7. The van der Waals surface area contributed by atoms with Crippen LogP contribution in [0.25, 0.3) is 11.1 Å². The van der Waals surface area contributed by atoms with E-state index in [2.05, 4.69) is 40.1 Å². The van der Waals surface area contributed by atoms with Crippen LogP contribution < -0.4 is 0 Å². The highest BCUT2D eigenvalue weighted by Gasteiger charge is 2.23. The number of morpholine rings is 1. The zero-order chi connectivity index (χ0) is 20.8. The van der Waals surface area contributed by atoms with Crippen LogP contribution in [0, 0.1) is 11.3 Å². The standard InChI is InChI=1S/C24H28N4O2/c25-17-22-3-1-2-4-23(22)21-7-5-20(6-8-21)18-26-9-11-28(12-10-26)24(29)19-27-13-15-30-16-14-27/h1-8H,9-16,18-19H2. The lowest BCUT2D eigenvalue weighted by molar-refractivity contribution is -0.135. The molecule has 6 nitrogen and oxygen atoms in total. The van der Waals surface area contributed by atoms with Crippen molar-refractivity contribution in [2.75, 3.05) is 59.0 Å². The summed E-state index contributed by atoms with van der Waals surface area (Å²) in [6.07, 6.45) is 0. The molecule has 2 aliphatic rings. The van der Waals surface area contributed by atoms with E-state index in [-0.39, 0.29) is 5.91 Å². The van der Waals surface area contributed by atoms with Gasteiger partial charge in [-0.25, -0.2) is 0 Å². The second-order valence-electron chi connectivity index (χ2n) is 7.90. The molecule has 156 valence electrons. The van der Waals surface area contributed by atoms with Crippen LogP contribution in [0.1, 0.15) is 11.1 Å². The number of nitriles is 1. The van der Waals surface area contributed by atoms with E-state index in [0.717, 1.165) is 70.2 Å². The van der Waals surface area contributed by atoms with E-state index >= 15 is 0 Å². The molecule has 0 aliphatic carbocycles. The number of ether oxygens (including phenoxy) is 1. The molecule has 0 atom stereocenters. The Bertz CT molecular complexity index is 892. The van der Waals surface area contributed by atoms with Crippen molar-refractivity contribution in [3.63, 3.8) is 0 Å². The molecule has 2 heterocycles. The summed E-state index contributed by atoms with van der Waals surface area (Å²) in [4.78, 5) is 19.1. The van der Waals surface area contributed by atoms with Gasteiger partial charge < -0.3 is 9.64 Å². The fourth-order valence-corrected chi connectivity index (χ4v) is 4.09. The second-order valence-corrected chi connectivity index (χ2v) is 7.90. The van der Waals surface area contributed by atoms with E-state index in [4.69, 9.17) is 4.74 Å². The van der Waals surface area contributed by atoms with Crippen LogP contribution in [-0.2, 0) is 16.1 Å². The zero-order valence-electron chi connectivity index (χ0n) is 17.3. The number of carbonyl (C=O) groups is 1. The number of rotatable bonds is 5. The average molecular weight is 405 g/mol. The summed E-state index contributed by atoms with van der Waals surface area (Å²) in [5, 5.41) is 9.31. The van der Waals surface area contributed by atoms with E-state index in [1.54, 1.807) is 0 Å². The molecule has 6 heteroatoms. The Balaban J connectivity index is 1.28. The number of amides is 1. The summed E-state index contributed by atoms with van der Waals surface area (Å²) < 4.78 is 5.35. The molecule has 0 unspecified atom stereocenters. The third-order valence-corrected chi connectivity index (χ3v) is 5.91. The minimum absolute atomic E-state index is 0.233. The normalized spacial score (nSPS) is 18.2. The molecule has 0 aromatic heterocycles. The number of carbonyl (C=O) groups excluding carboxylic acids is 1. The molecule has 0 radical (unpaired) electrons. The molecule has 4 rings (SSSR count). The van der Waals surface area contributed by atoms with Gasteiger partial charge in [-0.1, -0.05) is 42.5 Å². The lowest BCUT2D eigenvalue weighted by Crippen LogP contribution is -2.51. The topological polar surface area (TPSA) is 59.8 Å². The molecule has 0 spiro atoms. The van der Waals surface area contributed by atoms with Gasteiger partial charge in [-0.3, -0.25) is 14.6 Å². The van der Waals surface area contributed by atoms with E-state index in [0.29, 0.717) is 12.1 Å². The van der Waals surface area contributed by atoms with Crippen molar-refractivity contribution in [2.24, 2.45) is 0 Å². The van der Waals surface area contributed by atoms with Crippen LogP contribution in [0.4, 0.5) is 0 Å². The smallest absolute Gasteiger partial charge is 0.236 e. The Morgan fingerprint density at radius 3 is 2.30 bits per heavy atom. The minimum Gasteiger partial charge on any atom is -0.379 e. The van der Waals surface area contributed by atoms with Gasteiger partial charge in [0.15, 0.2) is 0 Å². The third kappa shape index (κ3) is 5.06. The van der Waals surface area contributed by atoms with Gasteiger partial charge in [0.05, 0.1) is 31.4 Å². The van der Waals surface area contributed by atoms with Gasteiger partial charge in [0.1, 0.15) is 0 Å². The van der Waals surface area contributed by atoms with Crippen molar-refractivity contribution < 1.29 is 9.53 Å². The molecule has 0 saturated carbocycles. The van der Waals surface area contributed by atoms with E-state index < -0.39 is 0 Å². The Hall–Kier alpha value is -2.72. The summed E-state index contributed by atoms with van der Waals surface area (Å²) in [7, 11) is 0. The lowest BCUT2D eigenvalue weighted by Gasteiger charge is -2.36. The molecule has 0 N–H and O–H groups in total. The maximum absolute atomic E-state index is 12.6. The molecule has 2 saturated heterocycles. The summed E-state index contributed by atoms with van der Waals surface area (Å²) in [6.45, 7) is 7.90. The molecular weight excluding hydrogens is 376 g/mol. The quantitative estimate of drug-likeness (QED) is 0.765. The van der Waals surface area contributed by atoms with Gasteiger partial charge in [-0.05, 0) is 22.8 Å². The molecule has 0 bridgehead atoms. The Morgan fingerprint density at radius 1 is 0.900 bits per heavy atom. The first kappa shape index (κ1) is 20.5. The van der Waals surface area contributed by atoms with Crippen LogP contribution in [0.3, 0.4) is 0 Å². The highest BCUT2D eigenvalue weighted by Crippen LogP contribution is 2.24. The number of benzene rings is 2. The predicted octanol–water partition coefficient (Wildman–Crippen LogP) is 2.20.